The Hall–Kier alpha value is -2.08. The summed E-state index contributed by atoms with van der Waals surface area (Å²) in [6, 6.07) is 7.22. The number of likely N-dealkylation sites (N-methyl/N-ethyl adjacent to an activating group) is 1. The van der Waals surface area contributed by atoms with Crippen molar-refractivity contribution >= 4 is 17.5 Å². The number of carbonyl (C=O) groups excluding carboxylic acids is 2. The zero-order valence-corrected chi connectivity index (χ0v) is 16.0. The molecule has 6 nitrogen and oxygen atoms in total. The third kappa shape index (κ3) is 6.67. The normalized spacial score (nSPS) is 15.3. The van der Waals surface area contributed by atoms with E-state index in [4.69, 9.17) is 4.74 Å². The molecule has 1 aliphatic heterocycles. The summed E-state index contributed by atoms with van der Waals surface area (Å²) in [6.45, 7) is 4.83. The molecule has 0 unspecified atom stereocenters. The van der Waals surface area contributed by atoms with Gasteiger partial charge in [-0.1, -0.05) is 26.2 Å². The zero-order valence-electron chi connectivity index (χ0n) is 16.0. The number of anilines is 1. The number of carbonyl (C=O) groups is 2. The molecule has 1 saturated heterocycles. The number of hydrogen-bond donors (Lipinski definition) is 1. The van der Waals surface area contributed by atoms with Gasteiger partial charge in [0.2, 0.25) is 11.8 Å². The molecule has 0 bridgehead atoms. The summed E-state index contributed by atoms with van der Waals surface area (Å²) in [5, 5.41) is 2.87. The van der Waals surface area contributed by atoms with Gasteiger partial charge in [0, 0.05) is 18.8 Å². The molecular formula is C20H31N3O3. The molecule has 0 radical (unpaired) electrons. The van der Waals surface area contributed by atoms with E-state index in [2.05, 4.69) is 5.32 Å². The number of rotatable bonds is 7. The Labute approximate surface area is 156 Å². The predicted octanol–water partition coefficient (Wildman–Crippen LogP) is 2.75. The van der Waals surface area contributed by atoms with Crippen LogP contribution < -0.4 is 10.1 Å². The SMILES string of the molecule is CCN(CC(=O)Nc1ccc(OC)cc1)CC(=O)N1CCCCCCC1. The highest BCUT2D eigenvalue weighted by molar-refractivity contribution is 5.92. The van der Waals surface area contributed by atoms with E-state index < -0.39 is 0 Å². The van der Waals surface area contributed by atoms with Gasteiger partial charge >= 0.3 is 0 Å². The van der Waals surface area contributed by atoms with Crippen LogP contribution in [0.25, 0.3) is 0 Å². The van der Waals surface area contributed by atoms with Gasteiger partial charge in [0.1, 0.15) is 5.75 Å². The lowest BCUT2D eigenvalue weighted by molar-refractivity contribution is -0.133. The first-order valence-corrected chi connectivity index (χ1v) is 9.56. The van der Waals surface area contributed by atoms with Crippen LogP contribution in [0.4, 0.5) is 5.69 Å². The highest BCUT2D eigenvalue weighted by Gasteiger charge is 2.19. The summed E-state index contributed by atoms with van der Waals surface area (Å²) in [5.74, 6) is 0.764. The minimum Gasteiger partial charge on any atom is -0.497 e. The van der Waals surface area contributed by atoms with Crippen molar-refractivity contribution in [2.75, 3.05) is 45.2 Å². The number of hydrogen-bond acceptors (Lipinski definition) is 4. The fraction of sp³-hybridized carbons (Fsp3) is 0.600. The summed E-state index contributed by atoms with van der Waals surface area (Å²) in [7, 11) is 1.61. The van der Waals surface area contributed by atoms with E-state index >= 15 is 0 Å². The van der Waals surface area contributed by atoms with E-state index in [-0.39, 0.29) is 18.4 Å². The molecule has 1 N–H and O–H groups in total. The van der Waals surface area contributed by atoms with Gasteiger partial charge in [0.15, 0.2) is 0 Å². The van der Waals surface area contributed by atoms with Crippen LogP contribution in [-0.4, -0.2) is 61.4 Å². The Morgan fingerprint density at radius 3 is 2.23 bits per heavy atom. The first-order chi connectivity index (χ1) is 12.6. The third-order valence-corrected chi connectivity index (χ3v) is 4.76. The Bertz CT molecular complexity index is 566. The Morgan fingerprint density at radius 2 is 1.65 bits per heavy atom. The smallest absolute Gasteiger partial charge is 0.238 e. The van der Waals surface area contributed by atoms with E-state index in [1.165, 1.54) is 19.3 Å². The minimum absolute atomic E-state index is 0.113. The van der Waals surface area contributed by atoms with Crippen molar-refractivity contribution in [3.63, 3.8) is 0 Å². The molecular weight excluding hydrogens is 330 g/mol. The maximum atomic E-state index is 12.6. The van der Waals surface area contributed by atoms with E-state index in [0.29, 0.717) is 13.1 Å². The average molecular weight is 361 g/mol. The molecule has 6 heteroatoms. The molecule has 1 fully saturated rings. The molecule has 1 aromatic rings. The maximum Gasteiger partial charge on any atom is 0.238 e. The monoisotopic (exact) mass is 361 g/mol. The van der Waals surface area contributed by atoms with Crippen molar-refractivity contribution < 1.29 is 14.3 Å². The second-order valence-electron chi connectivity index (χ2n) is 6.73. The lowest BCUT2D eigenvalue weighted by atomic mass is 10.1. The fourth-order valence-corrected chi connectivity index (χ4v) is 3.15. The molecule has 1 aromatic carbocycles. The molecule has 0 saturated carbocycles. The zero-order chi connectivity index (χ0) is 18.8. The van der Waals surface area contributed by atoms with Crippen LogP contribution in [0.5, 0.6) is 5.75 Å². The molecule has 0 aromatic heterocycles. The topological polar surface area (TPSA) is 61.9 Å². The molecule has 0 aliphatic carbocycles. The number of nitrogens with zero attached hydrogens (tertiary/aromatic N) is 2. The minimum atomic E-state index is -0.113. The predicted molar refractivity (Wildman–Crippen MR) is 103 cm³/mol. The van der Waals surface area contributed by atoms with E-state index in [0.717, 1.165) is 37.4 Å². The van der Waals surface area contributed by atoms with Gasteiger partial charge < -0.3 is 15.0 Å². The van der Waals surface area contributed by atoms with Crippen molar-refractivity contribution in [3.8, 4) is 5.75 Å². The Kier molecular flexibility index (Phi) is 8.41. The van der Waals surface area contributed by atoms with Gasteiger partial charge in [-0.05, 0) is 43.7 Å². The van der Waals surface area contributed by atoms with Crippen LogP contribution in [0.3, 0.4) is 0 Å². The first kappa shape index (κ1) is 20.2. The van der Waals surface area contributed by atoms with Gasteiger partial charge in [0.05, 0.1) is 20.2 Å². The van der Waals surface area contributed by atoms with E-state index in [9.17, 15) is 9.59 Å². The second-order valence-corrected chi connectivity index (χ2v) is 6.73. The summed E-state index contributed by atoms with van der Waals surface area (Å²) >= 11 is 0. The molecule has 144 valence electrons. The number of amides is 2. The quantitative estimate of drug-likeness (QED) is 0.811. The van der Waals surface area contributed by atoms with Crippen molar-refractivity contribution in [2.24, 2.45) is 0 Å². The molecule has 0 spiro atoms. The van der Waals surface area contributed by atoms with Crippen molar-refractivity contribution in [1.82, 2.24) is 9.80 Å². The van der Waals surface area contributed by atoms with Gasteiger partial charge in [-0.25, -0.2) is 0 Å². The second kappa shape index (κ2) is 10.8. The van der Waals surface area contributed by atoms with Crippen molar-refractivity contribution in [3.05, 3.63) is 24.3 Å². The first-order valence-electron chi connectivity index (χ1n) is 9.56. The van der Waals surface area contributed by atoms with Crippen LogP contribution >= 0.6 is 0 Å². The number of benzene rings is 1. The van der Waals surface area contributed by atoms with Gasteiger partial charge in [-0.3, -0.25) is 14.5 Å². The van der Waals surface area contributed by atoms with Crippen LogP contribution in [0.2, 0.25) is 0 Å². The van der Waals surface area contributed by atoms with Crippen LogP contribution in [0.1, 0.15) is 39.0 Å². The van der Waals surface area contributed by atoms with Crippen LogP contribution in [0.15, 0.2) is 24.3 Å². The summed E-state index contributed by atoms with van der Waals surface area (Å²) in [4.78, 5) is 28.7. The maximum absolute atomic E-state index is 12.6. The molecule has 0 atom stereocenters. The molecule has 1 heterocycles. The summed E-state index contributed by atoms with van der Waals surface area (Å²) < 4.78 is 5.11. The van der Waals surface area contributed by atoms with Gasteiger partial charge in [-0.2, -0.15) is 0 Å². The lowest BCUT2D eigenvalue weighted by Gasteiger charge is -2.28. The Balaban J connectivity index is 1.82. The standard InChI is InChI=1S/C20H31N3O3/c1-3-22(16-20(25)23-13-7-5-4-6-8-14-23)15-19(24)21-17-9-11-18(26-2)12-10-17/h9-12H,3-8,13-16H2,1-2H3,(H,21,24). The highest BCUT2D eigenvalue weighted by Crippen LogP contribution is 2.15. The number of methoxy groups -OCH3 is 1. The summed E-state index contributed by atoms with van der Waals surface area (Å²) in [5.41, 5.74) is 0.724. The molecule has 26 heavy (non-hydrogen) atoms. The van der Waals surface area contributed by atoms with Crippen molar-refractivity contribution in [2.45, 2.75) is 39.0 Å². The van der Waals surface area contributed by atoms with E-state index in [1.807, 2.05) is 16.7 Å². The van der Waals surface area contributed by atoms with Gasteiger partial charge in [-0.15, -0.1) is 0 Å². The number of ether oxygens (including phenoxy) is 1. The summed E-state index contributed by atoms with van der Waals surface area (Å²) in [6.07, 6.45) is 5.83. The number of nitrogens with one attached hydrogen (secondary N) is 1. The third-order valence-electron chi connectivity index (χ3n) is 4.76. The van der Waals surface area contributed by atoms with Crippen LogP contribution in [0, 0.1) is 0 Å². The highest BCUT2D eigenvalue weighted by atomic mass is 16.5. The van der Waals surface area contributed by atoms with Crippen molar-refractivity contribution in [1.29, 1.82) is 0 Å². The Morgan fingerprint density at radius 1 is 1.04 bits per heavy atom. The average Bonchev–Trinajstić information content (AvgIpc) is 2.61. The molecule has 2 rings (SSSR count). The van der Waals surface area contributed by atoms with E-state index in [1.54, 1.807) is 31.4 Å². The van der Waals surface area contributed by atoms with Gasteiger partial charge in [0.25, 0.3) is 0 Å². The fourth-order valence-electron chi connectivity index (χ4n) is 3.15. The molecule has 1 aliphatic rings. The van der Waals surface area contributed by atoms with Crippen LogP contribution in [-0.2, 0) is 9.59 Å². The molecule has 2 amide bonds. The lowest BCUT2D eigenvalue weighted by Crippen LogP contribution is -2.44. The number of likely N-dealkylation sites (tertiary alicyclic amines) is 1. The largest absolute Gasteiger partial charge is 0.497 e.